The third kappa shape index (κ3) is 4.95. The molecule has 0 amide bonds. The molecule has 1 saturated carbocycles. The lowest BCUT2D eigenvalue weighted by Crippen LogP contribution is -2.12. The molecule has 0 saturated heterocycles. The maximum atomic E-state index is 11.3. The van der Waals surface area contributed by atoms with Crippen molar-refractivity contribution in [3.05, 3.63) is 102 Å². The van der Waals surface area contributed by atoms with Gasteiger partial charge < -0.3 is 19.5 Å². The van der Waals surface area contributed by atoms with E-state index in [-0.39, 0.29) is 17.9 Å². The van der Waals surface area contributed by atoms with E-state index in [4.69, 9.17) is 9.05 Å². The summed E-state index contributed by atoms with van der Waals surface area (Å²) >= 11 is 0. The van der Waals surface area contributed by atoms with Crippen molar-refractivity contribution in [2.75, 3.05) is 5.32 Å². The molecule has 1 fully saturated rings. The number of aryl methyl sites for hydroxylation is 1. The standard InChI is InChI=1S/C32H29N3O4/c1-20(28-18-27(35-38-28)24-6-4-3-5-7-24)33-30-21(2)34-39-31(30)25-10-8-22(9-11-25)23-12-14-26(15-13-23)32(16-17-32)19-29(36)37/h3-15,18,20,33H,16-17,19H2,1-2H3,(H,36,37). The molecule has 1 atom stereocenters. The Labute approximate surface area is 226 Å². The molecule has 7 nitrogen and oxygen atoms in total. The van der Waals surface area contributed by atoms with E-state index in [1.54, 1.807) is 0 Å². The SMILES string of the molecule is Cc1noc(-c2ccc(-c3ccc(C4(CC(=O)O)CC4)cc3)cc2)c1NC(C)c1cc(-c2ccccc2)no1. The Morgan fingerprint density at radius 3 is 2.18 bits per heavy atom. The number of hydrogen-bond donors (Lipinski definition) is 2. The van der Waals surface area contributed by atoms with Crippen LogP contribution in [0.3, 0.4) is 0 Å². The van der Waals surface area contributed by atoms with Crippen molar-refractivity contribution in [1.82, 2.24) is 10.3 Å². The number of rotatable bonds is 9. The van der Waals surface area contributed by atoms with Crippen molar-refractivity contribution in [2.45, 2.75) is 44.6 Å². The molecule has 7 heteroatoms. The van der Waals surface area contributed by atoms with Gasteiger partial charge in [-0.2, -0.15) is 0 Å². The largest absolute Gasteiger partial charge is 0.481 e. The molecule has 5 aromatic rings. The van der Waals surface area contributed by atoms with E-state index >= 15 is 0 Å². The minimum Gasteiger partial charge on any atom is -0.481 e. The van der Waals surface area contributed by atoms with Crippen molar-refractivity contribution in [1.29, 1.82) is 0 Å². The van der Waals surface area contributed by atoms with Gasteiger partial charge in [-0.3, -0.25) is 4.79 Å². The summed E-state index contributed by atoms with van der Waals surface area (Å²) in [4.78, 5) is 11.3. The van der Waals surface area contributed by atoms with E-state index in [2.05, 4.69) is 52.0 Å². The van der Waals surface area contributed by atoms with E-state index < -0.39 is 5.97 Å². The van der Waals surface area contributed by atoms with Gasteiger partial charge in [0.25, 0.3) is 0 Å². The second kappa shape index (κ2) is 9.91. The molecule has 3 aromatic carbocycles. The number of aromatic nitrogens is 2. The van der Waals surface area contributed by atoms with Crippen LogP contribution in [-0.4, -0.2) is 21.4 Å². The second-order valence-corrected chi connectivity index (χ2v) is 10.3. The molecule has 2 aromatic heterocycles. The molecule has 0 spiro atoms. The van der Waals surface area contributed by atoms with Gasteiger partial charge in [0.2, 0.25) is 0 Å². The molecule has 1 aliphatic rings. The van der Waals surface area contributed by atoms with E-state index in [0.717, 1.165) is 63.5 Å². The van der Waals surface area contributed by atoms with Gasteiger partial charge in [-0.05, 0) is 43.4 Å². The molecule has 0 bridgehead atoms. The summed E-state index contributed by atoms with van der Waals surface area (Å²) in [6, 6.07) is 28.2. The van der Waals surface area contributed by atoms with Crippen LogP contribution >= 0.6 is 0 Å². The highest BCUT2D eigenvalue weighted by atomic mass is 16.5. The van der Waals surface area contributed by atoms with Crippen LogP contribution in [0.2, 0.25) is 0 Å². The van der Waals surface area contributed by atoms with E-state index in [9.17, 15) is 9.90 Å². The zero-order chi connectivity index (χ0) is 27.0. The predicted molar refractivity (Wildman–Crippen MR) is 149 cm³/mol. The van der Waals surface area contributed by atoms with Gasteiger partial charge in [-0.25, -0.2) is 0 Å². The molecule has 1 aliphatic carbocycles. The topological polar surface area (TPSA) is 101 Å². The fourth-order valence-electron chi connectivity index (χ4n) is 5.10. The van der Waals surface area contributed by atoms with Crippen LogP contribution in [0.5, 0.6) is 0 Å². The average Bonchev–Trinajstić information content (AvgIpc) is 3.38. The summed E-state index contributed by atoms with van der Waals surface area (Å²) < 4.78 is 11.4. The number of carbonyl (C=O) groups is 1. The fourth-order valence-corrected chi connectivity index (χ4v) is 5.10. The summed E-state index contributed by atoms with van der Waals surface area (Å²) in [5.41, 5.74) is 7.34. The summed E-state index contributed by atoms with van der Waals surface area (Å²) in [5.74, 6) is 0.639. The van der Waals surface area contributed by atoms with E-state index in [0.29, 0.717) is 5.76 Å². The van der Waals surface area contributed by atoms with E-state index in [1.807, 2.05) is 62.4 Å². The van der Waals surface area contributed by atoms with Crippen LogP contribution in [0.4, 0.5) is 5.69 Å². The van der Waals surface area contributed by atoms with Crippen molar-refractivity contribution >= 4 is 11.7 Å². The second-order valence-electron chi connectivity index (χ2n) is 10.3. The van der Waals surface area contributed by atoms with Crippen LogP contribution in [0.25, 0.3) is 33.7 Å². The number of carboxylic acids is 1. The number of benzene rings is 3. The predicted octanol–water partition coefficient (Wildman–Crippen LogP) is 7.65. The van der Waals surface area contributed by atoms with Gasteiger partial charge in [0.05, 0.1) is 12.5 Å². The lowest BCUT2D eigenvalue weighted by molar-refractivity contribution is -0.137. The molecular weight excluding hydrogens is 490 g/mol. The lowest BCUT2D eigenvalue weighted by Gasteiger charge is -2.14. The van der Waals surface area contributed by atoms with Gasteiger partial charge in [0.15, 0.2) is 11.5 Å². The summed E-state index contributed by atoms with van der Waals surface area (Å²) in [7, 11) is 0. The maximum absolute atomic E-state index is 11.3. The fraction of sp³-hybridized carbons (Fsp3) is 0.219. The number of hydrogen-bond acceptors (Lipinski definition) is 6. The Balaban J connectivity index is 1.18. The highest BCUT2D eigenvalue weighted by Crippen LogP contribution is 2.51. The number of aliphatic carboxylic acids is 1. The Bertz CT molecular complexity index is 1600. The minimum absolute atomic E-state index is 0.152. The first kappa shape index (κ1) is 24.7. The Kier molecular flexibility index (Phi) is 6.27. The quantitative estimate of drug-likeness (QED) is 0.206. The molecule has 0 radical (unpaired) electrons. The average molecular weight is 520 g/mol. The first-order chi connectivity index (χ1) is 18.9. The normalized spacial score (nSPS) is 14.6. The highest BCUT2D eigenvalue weighted by molar-refractivity contribution is 5.77. The van der Waals surface area contributed by atoms with Gasteiger partial charge >= 0.3 is 5.97 Å². The zero-order valence-corrected chi connectivity index (χ0v) is 21.8. The van der Waals surface area contributed by atoms with Crippen molar-refractivity contribution in [3.8, 4) is 33.7 Å². The van der Waals surface area contributed by atoms with Crippen molar-refractivity contribution in [3.63, 3.8) is 0 Å². The van der Waals surface area contributed by atoms with Gasteiger partial charge in [0.1, 0.15) is 17.1 Å². The minimum atomic E-state index is -0.740. The first-order valence-electron chi connectivity index (χ1n) is 13.1. The molecule has 2 heterocycles. The van der Waals surface area contributed by atoms with Gasteiger partial charge in [0, 0.05) is 22.6 Å². The molecular formula is C32H29N3O4. The number of anilines is 1. The van der Waals surface area contributed by atoms with Gasteiger partial charge in [-0.15, -0.1) is 0 Å². The number of carboxylic acid groups (broad SMARTS) is 1. The van der Waals surface area contributed by atoms with Crippen molar-refractivity contribution < 1.29 is 18.9 Å². The maximum Gasteiger partial charge on any atom is 0.304 e. The van der Waals surface area contributed by atoms with Crippen LogP contribution in [-0.2, 0) is 10.2 Å². The molecule has 39 heavy (non-hydrogen) atoms. The Hall–Kier alpha value is -4.65. The van der Waals surface area contributed by atoms with Crippen molar-refractivity contribution in [2.24, 2.45) is 0 Å². The molecule has 1 unspecified atom stereocenters. The molecule has 2 N–H and O–H groups in total. The van der Waals surface area contributed by atoms with Crippen LogP contribution in [0.1, 0.15) is 49.2 Å². The third-order valence-corrected chi connectivity index (χ3v) is 7.57. The lowest BCUT2D eigenvalue weighted by atomic mass is 9.91. The van der Waals surface area contributed by atoms with Crippen LogP contribution < -0.4 is 5.32 Å². The zero-order valence-electron chi connectivity index (χ0n) is 21.8. The molecule has 196 valence electrons. The summed E-state index contributed by atoms with van der Waals surface area (Å²) in [6.07, 6.45) is 2.06. The summed E-state index contributed by atoms with van der Waals surface area (Å²) in [5, 5.41) is 21.2. The number of nitrogens with zero attached hydrogens (tertiary/aromatic N) is 2. The highest BCUT2D eigenvalue weighted by Gasteiger charge is 2.45. The number of nitrogens with one attached hydrogen (secondary N) is 1. The first-order valence-corrected chi connectivity index (χ1v) is 13.1. The molecule has 0 aliphatic heterocycles. The summed E-state index contributed by atoms with van der Waals surface area (Å²) in [6.45, 7) is 3.92. The third-order valence-electron chi connectivity index (χ3n) is 7.57. The van der Waals surface area contributed by atoms with E-state index in [1.165, 1.54) is 0 Å². The Morgan fingerprint density at radius 1 is 0.897 bits per heavy atom. The van der Waals surface area contributed by atoms with Gasteiger partial charge in [-0.1, -0.05) is 89.2 Å². The van der Waals surface area contributed by atoms with Crippen LogP contribution in [0.15, 0.2) is 94.0 Å². The van der Waals surface area contributed by atoms with Crippen LogP contribution in [0, 0.1) is 6.92 Å². The Morgan fingerprint density at radius 2 is 1.54 bits per heavy atom. The molecule has 6 rings (SSSR count). The smallest absolute Gasteiger partial charge is 0.304 e. The monoisotopic (exact) mass is 519 g/mol.